The molecule has 1 aromatic heterocycles. The summed E-state index contributed by atoms with van der Waals surface area (Å²) in [5.41, 5.74) is 4.80. The largest absolute Gasteiger partial charge is 0.508 e. The topological polar surface area (TPSA) is 237 Å². The van der Waals surface area contributed by atoms with E-state index in [9.17, 15) is 32.1 Å². The molecule has 0 radical (unpaired) electrons. The molecule has 2 heterocycles. The molecular formula is C13H15N5O11S2. The van der Waals surface area contributed by atoms with Gasteiger partial charge in [0, 0.05) is 5.38 Å². The molecule has 2 amide bonds. The number of aromatic nitrogens is 1. The van der Waals surface area contributed by atoms with Gasteiger partial charge in [0.05, 0.1) is 7.11 Å². The van der Waals surface area contributed by atoms with E-state index in [0.29, 0.717) is 0 Å². The van der Waals surface area contributed by atoms with Crippen molar-refractivity contribution in [1.29, 1.82) is 0 Å². The molecule has 5 N–H and O–H groups in total. The highest BCUT2D eigenvalue weighted by Gasteiger charge is 2.55. The van der Waals surface area contributed by atoms with E-state index in [1.807, 2.05) is 0 Å². The lowest BCUT2D eigenvalue weighted by Crippen LogP contribution is -2.73. The molecule has 31 heavy (non-hydrogen) atoms. The average molecular weight is 481 g/mol. The summed E-state index contributed by atoms with van der Waals surface area (Å²) < 4.78 is 40.8. The van der Waals surface area contributed by atoms with E-state index in [1.165, 1.54) is 5.38 Å². The number of thiazole rings is 1. The van der Waals surface area contributed by atoms with Crippen LogP contribution in [0.5, 0.6) is 0 Å². The van der Waals surface area contributed by atoms with Crippen molar-refractivity contribution in [1.82, 2.24) is 14.6 Å². The molecule has 1 fully saturated rings. The number of β-lactam (4-membered cyclic amide) rings is 1. The first-order valence-corrected chi connectivity index (χ1v) is 10.2. The number of carbonyl (C=O) groups is 4. The van der Waals surface area contributed by atoms with Gasteiger partial charge in [-0.05, 0) is 0 Å². The Balaban J connectivity index is 2.24. The highest BCUT2D eigenvalue weighted by molar-refractivity contribution is 7.84. The SMILES string of the molecule is COC(=O)OC[C@@H]1[C@H](NC(=O)C(=NOCC(=O)O)c2csc(N)n2)C(=O)N1S(=O)(=O)O. The predicted octanol–water partition coefficient (Wildman–Crippen LogP) is -2.19. The van der Waals surface area contributed by atoms with Crippen molar-refractivity contribution in [3.8, 4) is 0 Å². The van der Waals surface area contributed by atoms with Gasteiger partial charge >= 0.3 is 22.4 Å². The van der Waals surface area contributed by atoms with Crippen molar-refractivity contribution in [2.45, 2.75) is 12.1 Å². The van der Waals surface area contributed by atoms with Crippen LogP contribution in [0, 0.1) is 0 Å². The van der Waals surface area contributed by atoms with Crippen LogP contribution in [-0.2, 0) is 39.0 Å². The Morgan fingerprint density at radius 3 is 2.61 bits per heavy atom. The molecular weight excluding hydrogens is 466 g/mol. The summed E-state index contributed by atoms with van der Waals surface area (Å²) in [6.45, 7) is -1.65. The summed E-state index contributed by atoms with van der Waals surface area (Å²) in [4.78, 5) is 54.8. The maximum atomic E-state index is 12.6. The van der Waals surface area contributed by atoms with Crippen molar-refractivity contribution in [2.24, 2.45) is 5.16 Å². The van der Waals surface area contributed by atoms with Crippen LogP contribution in [0.2, 0.25) is 0 Å². The molecule has 0 spiro atoms. The molecule has 1 aromatic rings. The van der Waals surface area contributed by atoms with E-state index in [4.69, 9.17) is 10.8 Å². The highest BCUT2D eigenvalue weighted by atomic mass is 32.2. The van der Waals surface area contributed by atoms with Crippen molar-refractivity contribution in [3.05, 3.63) is 11.1 Å². The molecule has 0 aromatic carbocycles. The summed E-state index contributed by atoms with van der Waals surface area (Å²) in [6.07, 6.45) is -1.21. The third-order valence-corrected chi connectivity index (χ3v) is 5.19. The minimum atomic E-state index is -5.03. The Bertz CT molecular complexity index is 1020. The zero-order valence-corrected chi connectivity index (χ0v) is 17.1. The number of hydrogen-bond acceptors (Lipinski definition) is 13. The van der Waals surface area contributed by atoms with Crippen LogP contribution in [0.4, 0.5) is 9.93 Å². The van der Waals surface area contributed by atoms with Crippen LogP contribution in [0.3, 0.4) is 0 Å². The number of methoxy groups -OCH3 is 1. The molecule has 18 heteroatoms. The fourth-order valence-electron chi connectivity index (χ4n) is 2.30. The van der Waals surface area contributed by atoms with Gasteiger partial charge < -0.3 is 30.5 Å². The van der Waals surface area contributed by atoms with E-state index in [1.54, 1.807) is 0 Å². The Morgan fingerprint density at radius 1 is 1.42 bits per heavy atom. The van der Waals surface area contributed by atoms with Gasteiger partial charge in [-0.2, -0.15) is 8.42 Å². The average Bonchev–Trinajstić information content (AvgIpc) is 3.10. The molecule has 1 aliphatic heterocycles. The van der Waals surface area contributed by atoms with Crippen LogP contribution in [0.25, 0.3) is 0 Å². The van der Waals surface area contributed by atoms with Gasteiger partial charge in [-0.25, -0.2) is 18.9 Å². The highest BCUT2D eigenvalue weighted by Crippen LogP contribution is 2.24. The number of aliphatic carboxylic acids is 1. The van der Waals surface area contributed by atoms with Gasteiger partial charge in [0.25, 0.3) is 11.8 Å². The second-order valence-corrected chi connectivity index (χ2v) is 7.75. The number of nitrogens with two attached hydrogens (primary N) is 1. The van der Waals surface area contributed by atoms with E-state index in [-0.39, 0.29) is 15.1 Å². The Kier molecular flexibility index (Phi) is 7.31. The van der Waals surface area contributed by atoms with Crippen molar-refractivity contribution < 1.29 is 51.6 Å². The number of ether oxygens (including phenoxy) is 2. The second kappa shape index (κ2) is 9.53. The monoisotopic (exact) mass is 481 g/mol. The normalized spacial score (nSPS) is 18.7. The molecule has 0 aliphatic carbocycles. The third kappa shape index (κ3) is 5.77. The first-order valence-electron chi connectivity index (χ1n) is 7.91. The van der Waals surface area contributed by atoms with Gasteiger partial charge in [0.1, 0.15) is 24.4 Å². The quantitative estimate of drug-likeness (QED) is 0.0965. The predicted molar refractivity (Wildman–Crippen MR) is 99.1 cm³/mol. The third-order valence-electron chi connectivity index (χ3n) is 3.57. The fourth-order valence-corrected chi connectivity index (χ4v) is 3.71. The maximum absolute atomic E-state index is 12.6. The molecule has 0 saturated carbocycles. The summed E-state index contributed by atoms with van der Waals surface area (Å²) >= 11 is 0.922. The van der Waals surface area contributed by atoms with E-state index >= 15 is 0 Å². The van der Waals surface area contributed by atoms with E-state index in [0.717, 1.165) is 18.4 Å². The summed E-state index contributed by atoms with van der Waals surface area (Å²) in [6, 6.07) is -3.08. The maximum Gasteiger partial charge on any atom is 0.508 e. The fraction of sp³-hybridized carbons (Fsp3) is 0.385. The van der Waals surface area contributed by atoms with Crippen LogP contribution in [0.15, 0.2) is 10.5 Å². The number of anilines is 1. The first kappa shape index (κ1) is 23.8. The number of carbonyl (C=O) groups excluding carboxylic acids is 3. The molecule has 1 aliphatic rings. The lowest BCUT2D eigenvalue weighted by molar-refractivity contribution is -0.147. The van der Waals surface area contributed by atoms with E-state index in [2.05, 4.69) is 29.8 Å². The minimum Gasteiger partial charge on any atom is -0.479 e. The molecule has 0 bridgehead atoms. The van der Waals surface area contributed by atoms with Crippen LogP contribution in [0.1, 0.15) is 5.69 Å². The first-order chi connectivity index (χ1) is 14.5. The van der Waals surface area contributed by atoms with Gasteiger partial charge in [0.15, 0.2) is 10.8 Å². The van der Waals surface area contributed by atoms with Crippen LogP contribution < -0.4 is 11.1 Å². The molecule has 0 unspecified atom stereocenters. The van der Waals surface area contributed by atoms with Gasteiger partial charge in [-0.1, -0.05) is 5.16 Å². The summed E-state index contributed by atoms with van der Waals surface area (Å²) in [5, 5.41) is 15.5. The van der Waals surface area contributed by atoms with Crippen molar-refractivity contribution >= 4 is 56.4 Å². The number of nitrogens with zero attached hydrogens (tertiary/aromatic N) is 3. The zero-order chi connectivity index (χ0) is 23.3. The second-order valence-electron chi connectivity index (χ2n) is 5.57. The van der Waals surface area contributed by atoms with Crippen LogP contribution in [-0.4, -0.2) is 89.4 Å². The van der Waals surface area contributed by atoms with Crippen molar-refractivity contribution in [3.63, 3.8) is 0 Å². The number of oxime groups is 1. The summed E-state index contributed by atoms with van der Waals surface area (Å²) in [7, 11) is -4.05. The number of amides is 2. The van der Waals surface area contributed by atoms with Crippen LogP contribution >= 0.6 is 11.3 Å². The lowest BCUT2D eigenvalue weighted by atomic mass is 9.99. The number of rotatable bonds is 9. The Morgan fingerprint density at radius 2 is 2.10 bits per heavy atom. The number of carboxylic acid groups (broad SMARTS) is 1. The molecule has 16 nitrogen and oxygen atoms in total. The molecule has 2 atom stereocenters. The number of carboxylic acids is 1. The van der Waals surface area contributed by atoms with Crippen molar-refractivity contribution in [2.75, 3.05) is 26.1 Å². The minimum absolute atomic E-state index is 0.000536. The Hall–Kier alpha value is -3.51. The van der Waals surface area contributed by atoms with E-state index < -0.39 is 65.3 Å². The molecule has 1 saturated heterocycles. The standard InChI is InChI=1S/C13H15N5O11S2/c1-27-13(23)28-2-6-9(11(22)18(6)31(24,25)26)16-10(21)8(17-29-3-7(19)20)5-4-30-12(14)15-5/h4,6,9H,2-3H2,1H3,(H2,14,15)(H,16,21)(H,19,20)(H,24,25,26)/t6-,9+/m1/s1. The zero-order valence-electron chi connectivity index (χ0n) is 15.5. The number of hydrogen-bond donors (Lipinski definition) is 4. The molecule has 2 rings (SSSR count). The smallest absolute Gasteiger partial charge is 0.479 e. The Labute approximate surface area is 177 Å². The number of nitrogens with one attached hydrogen (secondary N) is 1. The van der Waals surface area contributed by atoms with Gasteiger partial charge in [-0.15, -0.1) is 11.3 Å². The van der Waals surface area contributed by atoms with Gasteiger partial charge in [-0.3, -0.25) is 14.1 Å². The lowest BCUT2D eigenvalue weighted by Gasteiger charge is -2.43. The summed E-state index contributed by atoms with van der Waals surface area (Å²) in [5.74, 6) is -3.75. The number of nitrogen functional groups attached to an aromatic ring is 1. The molecule has 170 valence electrons. The van der Waals surface area contributed by atoms with Gasteiger partial charge in [0.2, 0.25) is 6.61 Å².